The van der Waals surface area contributed by atoms with Gasteiger partial charge < -0.3 is 11.1 Å². The lowest BCUT2D eigenvalue weighted by molar-refractivity contribution is -0.133. The first-order valence-corrected chi connectivity index (χ1v) is 5.69. The molecule has 1 aromatic rings. The van der Waals surface area contributed by atoms with Crippen molar-refractivity contribution in [1.82, 2.24) is 5.32 Å². The molecule has 1 fully saturated rings. The largest absolute Gasteiger partial charge is 0.371 e. The van der Waals surface area contributed by atoms with E-state index in [2.05, 4.69) is 16.4 Å². The number of nitrogens with one attached hydrogen (secondary N) is 2. The first-order valence-electron chi connectivity index (χ1n) is 5.69. The van der Waals surface area contributed by atoms with Gasteiger partial charge in [-0.15, -0.1) is 0 Å². The molecule has 1 saturated heterocycles. The predicted molar refractivity (Wildman–Crippen MR) is 66.3 cm³/mol. The molecule has 2 amide bonds. The van der Waals surface area contributed by atoms with Crippen molar-refractivity contribution < 1.29 is 18.4 Å². The molecule has 1 unspecified atom stereocenters. The predicted octanol–water partition coefficient (Wildman–Crippen LogP) is 0.757. The van der Waals surface area contributed by atoms with Gasteiger partial charge in [0.05, 0.1) is 5.69 Å². The van der Waals surface area contributed by atoms with Gasteiger partial charge in [0.25, 0.3) is 0 Å². The molecule has 0 bridgehead atoms. The van der Waals surface area contributed by atoms with Crippen LogP contribution in [0, 0.1) is 11.6 Å². The van der Waals surface area contributed by atoms with Crippen molar-refractivity contribution in [3.8, 4) is 0 Å². The van der Waals surface area contributed by atoms with Crippen LogP contribution in [0.3, 0.4) is 0 Å². The number of hydrogen-bond acceptors (Lipinski definition) is 4. The monoisotopic (exact) mass is 271 g/mol. The molecular weight excluding hydrogens is 256 g/mol. The number of amides is 2. The van der Waals surface area contributed by atoms with Crippen molar-refractivity contribution in [2.45, 2.75) is 18.9 Å². The Morgan fingerprint density at radius 2 is 2.00 bits per heavy atom. The smallest absolute Gasteiger partial charge is 0.249 e. The van der Waals surface area contributed by atoms with E-state index in [4.69, 9.17) is 0 Å². The van der Waals surface area contributed by atoms with Crippen LogP contribution in [0.1, 0.15) is 12.8 Å². The number of imide groups is 1. The topological polar surface area (TPSA) is 84.2 Å². The van der Waals surface area contributed by atoms with Gasteiger partial charge in [-0.25, -0.2) is 8.78 Å². The number of carbonyl (C=O) groups excluding carboxylic acids is 2. The van der Waals surface area contributed by atoms with E-state index in [1.54, 1.807) is 0 Å². The summed E-state index contributed by atoms with van der Waals surface area (Å²) >= 11 is 0. The number of carbonyl (C=O) groups is 2. The summed E-state index contributed by atoms with van der Waals surface area (Å²) < 4.78 is 26.2. The highest BCUT2D eigenvalue weighted by Crippen LogP contribution is 2.18. The molecule has 0 radical (unpaired) electrons. The highest BCUT2D eigenvalue weighted by atomic mass is 19.1. The van der Waals surface area contributed by atoms with Crippen LogP contribution in [0.5, 0.6) is 0 Å². The minimum atomic E-state index is -0.719. The average molecular weight is 271 g/mol. The number of benzene rings is 1. The standard InChI is InChI=1S/C11H10F2N2O2.CH5N/c12-6-1-2-7(13)9(5-6)14-8-3-4-10(16)15-11(8)17;1-2/h1-2,5,8,14H,3-4H2,(H,15,16,17);2H2,1H3. The second kappa shape index (κ2) is 6.79. The van der Waals surface area contributed by atoms with E-state index in [0.29, 0.717) is 0 Å². The van der Waals surface area contributed by atoms with Gasteiger partial charge in [-0.3, -0.25) is 14.9 Å². The zero-order valence-electron chi connectivity index (χ0n) is 10.4. The zero-order valence-corrected chi connectivity index (χ0v) is 10.4. The van der Waals surface area contributed by atoms with Crippen LogP contribution < -0.4 is 16.4 Å². The molecule has 1 aromatic carbocycles. The van der Waals surface area contributed by atoms with Gasteiger partial charge >= 0.3 is 0 Å². The van der Waals surface area contributed by atoms with Crippen LogP contribution in [0.15, 0.2) is 18.2 Å². The van der Waals surface area contributed by atoms with Gasteiger partial charge in [-0.2, -0.15) is 0 Å². The summed E-state index contributed by atoms with van der Waals surface area (Å²) in [6.45, 7) is 0. The van der Waals surface area contributed by atoms with Gasteiger partial charge in [0.15, 0.2) is 0 Å². The molecule has 19 heavy (non-hydrogen) atoms. The molecule has 0 aromatic heterocycles. The summed E-state index contributed by atoms with van der Waals surface area (Å²) in [5.74, 6) is -2.12. The van der Waals surface area contributed by atoms with Crippen LogP contribution in [-0.2, 0) is 9.59 Å². The molecule has 104 valence electrons. The molecule has 1 aliphatic heterocycles. The Bertz CT molecular complexity index is 480. The van der Waals surface area contributed by atoms with Gasteiger partial charge in [0.2, 0.25) is 11.8 Å². The van der Waals surface area contributed by atoms with Crippen molar-refractivity contribution in [2.75, 3.05) is 12.4 Å². The molecule has 2 rings (SSSR count). The first-order chi connectivity index (χ1) is 9.06. The van der Waals surface area contributed by atoms with Crippen LogP contribution in [-0.4, -0.2) is 24.9 Å². The van der Waals surface area contributed by atoms with E-state index in [9.17, 15) is 18.4 Å². The van der Waals surface area contributed by atoms with Gasteiger partial charge in [-0.05, 0) is 31.7 Å². The summed E-state index contributed by atoms with van der Waals surface area (Å²) in [7, 11) is 1.50. The maximum atomic E-state index is 13.3. The van der Waals surface area contributed by atoms with Crippen LogP contribution in [0.25, 0.3) is 0 Å². The quantitative estimate of drug-likeness (QED) is 0.693. The summed E-state index contributed by atoms with van der Waals surface area (Å²) in [6.07, 6.45) is 0.445. The molecule has 7 heteroatoms. The molecule has 4 N–H and O–H groups in total. The molecule has 5 nitrogen and oxygen atoms in total. The molecule has 1 atom stereocenters. The number of nitrogens with two attached hydrogens (primary N) is 1. The summed E-state index contributed by atoms with van der Waals surface area (Å²) in [5, 5.41) is 4.71. The molecular formula is C12H15F2N3O2. The Labute approximate surface area is 109 Å². The van der Waals surface area contributed by atoms with Crippen molar-refractivity contribution in [3.63, 3.8) is 0 Å². The number of piperidine rings is 1. The lowest BCUT2D eigenvalue weighted by Crippen LogP contribution is -2.47. The number of halogens is 2. The van der Waals surface area contributed by atoms with Crippen molar-refractivity contribution >= 4 is 17.5 Å². The van der Waals surface area contributed by atoms with Gasteiger partial charge in [0, 0.05) is 6.42 Å². The van der Waals surface area contributed by atoms with E-state index in [-0.39, 0.29) is 24.4 Å². The molecule has 1 aliphatic rings. The minimum absolute atomic E-state index is 0.0838. The van der Waals surface area contributed by atoms with Crippen molar-refractivity contribution in [1.29, 1.82) is 0 Å². The van der Waals surface area contributed by atoms with Gasteiger partial charge in [-0.1, -0.05) is 0 Å². The Hall–Kier alpha value is -2.02. The van der Waals surface area contributed by atoms with E-state index < -0.39 is 23.6 Å². The second-order valence-electron chi connectivity index (χ2n) is 3.77. The molecule has 0 spiro atoms. The number of anilines is 1. The summed E-state index contributed by atoms with van der Waals surface area (Å²) in [4.78, 5) is 22.3. The maximum Gasteiger partial charge on any atom is 0.249 e. The lowest BCUT2D eigenvalue weighted by atomic mass is 10.1. The van der Waals surface area contributed by atoms with Crippen molar-refractivity contribution in [3.05, 3.63) is 29.8 Å². The maximum absolute atomic E-state index is 13.3. The minimum Gasteiger partial charge on any atom is -0.371 e. The van der Waals surface area contributed by atoms with Gasteiger partial charge in [0.1, 0.15) is 17.7 Å². The normalized spacial score (nSPS) is 18.2. The SMILES string of the molecule is CN.O=C1CCC(Nc2cc(F)ccc2F)C(=O)N1. The number of rotatable bonds is 2. The molecule has 0 saturated carbocycles. The second-order valence-corrected chi connectivity index (χ2v) is 3.77. The highest BCUT2D eigenvalue weighted by molar-refractivity contribution is 6.01. The van der Waals surface area contributed by atoms with Crippen LogP contribution in [0.4, 0.5) is 14.5 Å². The van der Waals surface area contributed by atoms with E-state index in [0.717, 1.165) is 18.2 Å². The van der Waals surface area contributed by atoms with E-state index >= 15 is 0 Å². The Balaban J connectivity index is 0.000000861. The van der Waals surface area contributed by atoms with E-state index in [1.807, 2.05) is 0 Å². The Kier molecular flexibility index (Phi) is 5.37. The Morgan fingerprint density at radius 3 is 2.63 bits per heavy atom. The number of hydrogen-bond donors (Lipinski definition) is 3. The van der Waals surface area contributed by atoms with Crippen LogP contribution in [0.2, 0.25) is 0 Å². The fourth-order valence-electron chi connectivity index (χ4n) is 1.63. The fourth-order valence-corrected chi connectivity index (χ4v) is 1.63. The van der Waals surface area contributed by atoms with E-state index in [1.165, 1.54) is 7.05 Å². The molecule has 1 heterocycles. The average Bonchev–Trinajstić information content (AvgIpc) is 2.39. The third-order valence-electron chi connectivity index (χ3n) is 2.50. The summed E-state index contributed by atoms with van der Waals surface area (Å²) in [6, 6.07) is 2.22. The Morgan fingerprint density at radius 1 is 1.32 bits per heavy atom. The first kappa shape index (κ1) is 15.0. The van der Waals surface area contributed by atoms with Crippen molar-refractivity contribution in [2.24, 2.45) is 5.73 Å². The third kappa shape index (κ3) is 3.99. The highest BCUT2D eigenvalue weighted by Gasteiger charge is 2.26. The molecule has 0 aliphatic carbocycles. The summed E-state index contributed by atoms with van der Waals surface area (Å²) in [5.41, 5.74) is 4.42. The third-order valence-corrected chi connectivity index (χ3v) is 2.50. The zero-order chi connectivity index (χ0) is 14.4. The van der Waals surface area contributed by atoms with Crippen LogP contribution >= 0.6 is 0 Å². The fraction of sp³-hybridized carbons (Fsp3) is 0.333. The lowest BCUT2D eigenvalue weighted by Gasteiger charge is -2.22.